The molecule has 35 heteroatoms. The van der Waals surface area contributed by atoms with Crippen LogP contribution >= 0.6 is 0 Å². The summed E-state index contributed by atoms with van der Waals surface area (Å²) in [7, 11) is -24.4. The van der Waals surface area contributed by atoms with E-state index in [1.165, 1.54) is 78.9 Å². The maximum absolute atomic E-state index is 12.8. The molecule has 25 nitrogen and oxygen atoms in total. The van der Waals surface area contributed by atoms with Gasteiger partial charge in [-0.25, -0.2) is 0 Å². The normalized spacial score (nSPS) is 12.4. The zero-order valence-corrected chi connectivity index (χ0v) is 58.8. The Morgan fingerprint density at radius 2 is 0.729 bits per heavy atom. The molecule has 0 spiro atoms. The number of rotatable bonds is 13. The molecule has 10 aromatic carbocycles. The third kappa shape index (κ3) is 15.6. The molecule has 10 rings (SSSR count). The second-order valence-electron chi connectivity index (χ2n) is 17.2. The zero-order valence-electron chi connectivity index (χ0n) is 44.8. The minimum Gasteiger partial charge on any atom is -0.506 e. The van der Waals surface area contributed by atoms with Gasteiger partial charge in [0.25, 0.3) is 50.6 Å². The molecule has 0 amide bonds. The fourth-order valence-electron chi connectivity index (χ4n) is 8.54. The predicted molar refractivity (Wildman–Crippen MR) is 318 cm³/mol. The van der Waals surface area contributed by atoms with Crippen LogP contribution in [0.3, 0.4) is 0 Å². The summed E-state index contributed by atoms with van der Waals surface area (Å²) in [4.78, 5) is -3.25. The van der Waals surface area contributed by atoms with Crippen molar-refractivity contribution in [2.45, 2.75) is 24.5 Å². The van der Waals surface area contributed by atoms with E-state index in [-0.39, 0.29) is 236 Å². The number of benzene rings is 10. The number of phenols is 2. The first-order chi connectivity index (χ1) is 37.6. The van der Waals surface area contributed by atoms with Gasteiger partial charge in [0.15, 0.2) is 5.75 Å². The fourth-order valence-corrected chi connectivity index (χ4v) is 11.6. The first kappa shape index (κ1) is 71.8. The number of nitrogens with zero attached hydrogens (tertiary/aromatic N) is 8. The summed E-state index contributed by atoms with van der Waals surface area (Å²) in [5, 5.41) is 56.9. The smallest absolute Gasteiger partial charge is 0.296 e. The van der Waals surface area contributed by atoms with Crippen LogP contribution < -0.4 is 0 Å². The summed E-state index contributed by atoms with van der Waals surface area (Å²) in [6, 6.07) is 32.3. The van der Waals surface area contributed by atoms with Gasteiger partial charge in [0.05, 0.1) is 43.9 Å². The van der Waals surface area contributed by atoms with Gasteiger partial charge in [0, 0.05) is 191 Å². The minimum atomic E-state index is -5.15. The van der Waals surface area contributed by atoms with E-state index >= 15 is 0 Å². The van der Waals surface area contributed by atoms with E-state index in [0.717, 1.165) is 48.5 Å². The van der Waals surface area contributed by atoms with Crippen molar-refractivity contribution >= 4 is 298 Å². The molecule has 7 N–H and O–H groups in total. The SMILES string of the molecule is O=S(=O)(O)c1ccc2c(N=Nc3ccc4cc(S(=O)(=O)O)c(N=Nc5ccc(N=Nc6ccc(N=Nc7cc(S(=O)(=O)O)c8cccc(S(=O)(=O)O)c8c7)c7ccccc67)c6ccc(S(=O)(=O)O)cc56)c(O)c4c3)c(O)ccc2c1.[Na].[Na].[Na].[Na].[Na]. The maximum Gasteiger partial charge on any atom is 0.296 e. The monoisotopic (exact) mass is 1290 g/mol. The maximum atomic E-state index is 12.8. The van der Waals surface area contributed by atoms with E-state index in [0.29, 0.717) is 10.8 Å². The number of phenolic OH excluding ortho intramolecular Hbond substituents is 2. The Morgan fingerprint density at radius 1 is 0.282 bits per heavy atom. The van der Waals surface area contributed by atoms with Crippen molar-refractivity contribution in [3.63, 3.8) is 0 Å². The number of hydrogen-bond donors (Lipinski definition) is 7. The summed E-state index contributed by atoms with van der Waals surface area (Å²) >= 11 is 0. The van der Waals surface area contributed by atoms with Crippen molar-refractivity contribution in [1.29, 1.82) is 0 Å². The summed E-state index contributed by atoms with van der Waals surface area (Å²) in [5.74, 6) is -1.18. The van der Waals surface area contributed by atoms with Crippen LogP contribution in [0.15, 0.2) is 217 Å². The van der Waals surface area contributed by atoms with Gasteiger partial charge in [0.2, 0.25) is 0 Å². The Kier molecular flexibility index (Phi) is 23.5. The van der Waals surface area contributed by atoms with E-state index in [2.05, 4.69) is 40.9 Å². The molecule has 85 heavy (non-hydrogen) atoms. The predicted octanol–water partition coefficient (Wildman–Crippen LogP) is 10.9. The molecule has 0 aliphatic heterocycles. The van der Waals surface area contributed by atoms with Crippen molar-refractivity contribution in [3.05, 3.63) is 152 Å². The van der Waals surface area contributed by atoms with E-state index in [9.17, 15) is 75.1 Å². The van der Waals surface area contributed by atoms with Crippen molar-refractivity contribution in [3.8, 4) is 11.5 Å². The van der Waals surface area contributed by atoms with E-state index in [1.807, 2.05) is 0 Å². The van der Waals surface area contributed by atoms with Crippen LogP contribution in [0.25, 0.3) is 53.9 Å². The molecule has 10 aromatic rings. The van der Waals surface area contributed by atoms with E-state index < -0.39 is 86.5 Å². The second-order valence-corrected chi connectivity index (χ2v) is 24.2. The minimum absolute atomic E-state index is 0. The third-order valence-corrected chi connectivity index (χ3v) is 16.6. The van der Waals surface area contributed by atoms with E-state index in [1.54, 1.807) is 24.3 Å². The molecule has 0 fully saturated rings. The molecule has 0 saturated heterocycles. The van der Waals surface area contributed by atoms with Gasteiger partial charge in [-0.3, -0.25) is 22.8 Å². The van der Waals surface area contributed by atoms with Crippen LogP contribution in [0.2, 0.25) is 0 Å². The van der Waals surface area contributed by atoms with Crippen molar-refractivity contribution in [2.24, 2.45) is 40.9 Å². The average molecular weight is 1290 g/mol. The molecule has 0 unspecified atom stereocenters. The van der Waals surface area contributed by atoms with Crippen LogP contribution in [0.5, 0.6) is 11.5 Å². The zero-order chi connectivity index (χ0) is 57.3. The molecule has 5 radical (unpaired) electrons. The standard InChI is InChI=1S/C50H32N8O17S5.5Na/c59-44-19-9-26-20-30(76(61,62)63)11-13-32(26)48(44)57-51-28-10-8-27-21-47(80(73,74)75)49(50(60)37(27)22-28)58-56-43-18-17-42(35-14-12-31(25-38(35)43)77(64,65)66)55-54-41-16-15-40(33-4-1-2-5-34(33)41)53-52-29-23-39-36(46(24-29)79(70,71)72)6-3-7-45(39)78(67,68)69;;;;;/h1-25,59-60H,(H,61,62,63)(H,64,65,66)(H,67,68,69)(H,70,71,72)(H,73,74,75);;;;;. The Morgan fingerprint density at radius 3 is 1.29 bits per heavy atom. The summed E-state index contributed by atoms with van der Waals surface area (Å²) in [6.45, 7) is 0. The molecule has 0 saturated carbocycles. The Hall–Kier alpha value is -3.95. The number of aromatic hydroxyl groups is 2. The molecule has 0 aromatic heterocycles. The van der Waals surface area contributed by atoms with Crippen LogP contribution in [0.4, 0.5) is 45.5 Å². The van der Waals surface area contributed by atoms with Gasteiger partial charge >= 0.3 is 0 Å². The summed E-state index contributed by atoms with van der Waals surface area (Å²) in [5.41, 5.74) is -0.683. The summed E-state index contributed by atoms with van der Waals surface area (Å²) < 4.78 is 173. The van der Waals surface area contributed by atoms with Crippen molar-refractivity contribution in [1.82, 2.24) is 0 Å². The van der Waals surface area contributed by atoms with Crippen LogP contribution in [-0.2, 0) is 50.6 Å². The first-order valence-electron chi connectivity index (χ1n) is 22.4. The molecular formula is C50H32N8Na5O17S5. The van der Waals surface area contributed by atoms with Gasteiger partial charge in [-0.2, -0.15) is 52.3 Å². The average Bonchev–Trinajstić information content (AvgIpc) is 3.44. The number of fused-ring (bicyclic) bond motifs is 5. The van der Waals surface area contributed by atoms with Gasteiger partial charge in [-0.1, -0.05) is 60.7 Å². The third-order valence-electron chi connectivity index (χ3n) is 12.2. The molecule has 0 heterocycles. The van der Waals surface area contributed by atoms with Gasteiger partial charge < -0.3 is 10.2 Å². The molecule has 0 aliphatic carbocycles. The summed E-state index contributed by atoms with van der Waals surface area (Å²) in [6.07, 6.45) is 0. The topological polar surface area (TPSA) is 411 Å². The number of hydrogen-bond acceptors (Lipinski definition) is 20. The quantitative estimate of drug-likeness (QED) is 0.0320. The van der Waals surface area contributed by atoms with Crippen molar-refractivity contribution < 1.29 is 75.1 Å². The molecular weight excluding hydrogens is 1260 g/mol. The second kappa shape index (κ2) is 27.8. The van der Waals surface area contributed by atoms with E-state index in [4.69, 9.17) is 0 Å². The van der Waals surface area contributed by atoms with Crippen LogP contribution in [0.1, 0.15) is 0 Å². The Labute approximate surface area is 593 Å². The largest absolute Gasteiger partial charge is 0.506 e. The van der Waals surface area contributed by atoms with Gasteiger partial charge in [-0.05, 0) is 102 Å². The van der Waals surface area contributed by atoms with Gasteiger partial charge in [-0.15, -0.1) is 30.7 Å². The van der Waals surface area contributed by atoms with Crippen LogP contribution in [-0.4, -0.2) is 223 Å². The molecule has 0 bridgehead atoms. The first-order valence-corrected chi connectivity index (χ1v) is 29.6. The molecule has 409 valence electrons. The molecule has 0 atom stereocenters. The van der Waals surface area contributed by atoms with Crippen molar-refractivity contribution in [2.75, 3.05) is 0 Å². The molecule has 0 aliphatic rings. The fraction of sp³-hybridized carbons (Fsp3) is 0. The van der Waals surface area contributed by atoms with Crippen LogP contribution in [0, 0.1) is 0 Å². The van der Waals surface area contributed by atoms with Gasteiger partial charge in [0.1, 0.15) is 31.8 Å². The Bertz CT molecular complexity index is 5110. The number of azo groups is 4. The Balaban J connectivity index is 0.00000264.